The van der Waals surface area contributed by atoms with Gasteiger partial charge in [-0.3, -0.25) is 0 Å². The lowest BCUT2D eigenvalue weighted by Crippen LogP contribution is -2.05. The summed E-state index contributed by atoms with van der Waals surface area (Å²) in [6, 6.07) is 0. The first-order chi connectivity index (χ1) is 7.20. The van der Waals surface area contributed by atoms with Crippen molar-refractivity contribution in [2.45, 2.75) is 19.8 Å². The largest absolute Gasteiger partial charge is 0.463 e. The monoisotopic (exact) mass is 216 g/mol. The van der Waals surface area contributed by atoms with Gasteiger partial charge in [0.25, 0.3) is 0 Å². The molecule has 0 bridgehead atoms. The van der Waals surface area contributed by atoms with Crippen molar-refractivity contribution in [2.24, 2.45) is 0 Å². The zero-order chi connectivity index (χ0) is 11.5. The normalized spacial score (nSPS) is 10.3. The number of esters is 2. The molecule has 0 saturated heterocycles. The lowest BCUT2D eigenvalue weighted by molar-refractivity contribution is -0.140. The average Bonchev–Trinajstić information content (AvgIpc) is 2.22. The van der Waals surface area contributed by atoms with Gasteiger partial charge in [-0.05, 0) is 19.8 Å². The van der Waals surface area contributed by atoms with E-state index >= 15 is 0 Å². The molecular weight excluding hydrogens is 200 g/mol. The number of carbonyl (C=O) groups excluding carboxylic acids is 2. The topological polar surface area (TPSA) is 72.8 Å². The van der Waals surface area contributed by atoms with Crippen LogP contribution in [0.5, 0.6) is 0 Å². The molecule has 0 radical (unpaired) electrons. The summed E-state index contributed by atoms with van der Waals surface area (Å²) >= 11 is 0. The van der Waals surface area contributed by atoms with Gasteiger partial charge in [-0.15, -0.1) is 0 Å². The highest BCUT2D eigenvalue weighted by Gasteiger charge is 1.99. The van der Waals surface area contributed by atoms with Gasteiger partial charge in [0.05, 0.1) is 13.2 Å². The van der Waals surface area contributed by atoms with E-state index in [1.54, 1.807) is 6.92 Å². The maximum atomic E-state index is 10.9. The van der Waals surface area contributed by atoms with Crippen molar-refractivity contribution in [3.05, 3.63) is 12.2 Å². The molecule has 5 nitrogen and oxygen atoms in total. The third-order valence-electron chi connectivity index (χ3n) is 1.44. The quantitative estimate of drug-likeness (QED) is 0.379. The molecule has 0 fully saturated rings. The number of hydrogen-bond donors (Lipinski definition) is 1. The lowest BCUT2D eigenvalue weighted by Gasteiger charge is -1.99. The predicted molar refractivity (Wildman–Crippen MR) is 53.1 cm³/mol. The van der Waals surface area contributed by atoms with Crippen LogP contribution < -0.4 is 0 Å². The molecule has 0 aliphatic carbocycles. The minimum absolute atomic E-state index is 0.0796. The van der Waals surface area contributed by atoms with Crippen LogP contribution in [0.4, 0.5) is 0 Å². The number of unbranched alkanes of at least 4 members (excludes halogenated alkanes) is 1. The van der Waals surface area contributed by atoms with Crippen LogP contribution in [0.3, 0.4) is 0 Å². The third-order valence-corrected chi connectivity index (χ3v) is 1.44. The molecule has 5 heteroatoms. The zero-order valence-corrected chi connectivity index (χ0v) is 8.77. The zero-order valence-electron chi connectivity index (χ0n) is 8.77. The summed E-state index contributed by atoms with van der Waals surface area (Å²) < 4.78 is 9.30. The van der Waals surface area contributed by atoms with Crippen LogP contribution in [0.15, 0.2) is 12.2 Å². The molecule has 0 rings (SSSR count). The Morgan fingerprint density at radius 3 is 2.27 bits per heavy atom. The molecule has 0 aliphatic heterocycles. The van der Waals surface area contributed by atoms with Crippen molar-refractivity contribution < 1.29 is 24.2 Å². The number of ether oxygens (including phenoxy) is 2. The van der Waals surface area contributed by atoms with E-state index in [1.165, 1.54) is 0 Å². The Bertz CT molecular complexity index is 222. The van der Waals surface area contributed by atoms with E-state index in [0.29, 0.717) is 12.8 Å². The third kappa shape index (κ3) is 8.96. The van der Waals surface area contributed by atoms with Crippen molar-refractivity contribution in [3.63, 3.8) is 0 Å². The molecular formula is C10H16O5. The number of aliphatic hydroxyl groups excluding tert-OH is 1. The lowest BCUT2D eigenvalue weighted by atomic mass is 10.3. The second kappa shape index (κ2) is 9.21. The summed E-state index contributed by atoms with van der Waals surface area (Å²) in [5.74, 6) is -1.15. The van der Waals surface area contributed by atoms with E-state index < -0.39 is 11.9 Å². The molecule has 0 aromatic carbocycles. The molecule has 0 atom stereocenters. The number of hydrogen-bond acceptors (Lipinski definition) is 5. The maximum absolute atomic E-state index is 10.9. The van der Waals surface area contributed by atoms with E-state index in [4.69, 9.17) is 9.84 Å². The Morgan fingerprint density at radius 1 is 1.13 bits per heavy atom. The first-order valence-electron chi connectivity index (χ1n) is 4.83. The highest BCUT2D eigenvalue weighted by Crippen LogP contribution is 1.91. The molecule has 15 heavy (non-hydrogen) atoms. The molecule has 0 aliphatic rings. The highest BCUT2D eigenvalue weighted by molar-refractivity contribution is 5.91. The second-order valence-electron chi connectivity index (χ2n) is 2.68. The van der Waals surface area contributed by atoms with Crippen molar-refractivity contribution >= 4 is 11.9 Å². The average molecular weight is 216 g/mol. The van der Waals surface area contributed by atoms with Crippen molar-refractivity contribution in [1.29, 1.82) is 0 Å². The van der Waals surface area contributed by atoms with E-state index in [-0.39, 0.29) is 19.8 Å². The van der Waals surface area contributed by atoms with Gasteiger partial charge in [0, 0.05) is 18.8 Å². The van der Waals surface area contributed by atoms with E-state index in [0.717, 1.165) is 12.2 Å². The minimum atomic E-state index is -0.582. The summed E-state index contributed by atoms with van der Waals surface area (Å²) in [7, 11) is 0. The molecule has 0 unspecified atom stereocenters. The minimum Gasteiger partial charge on any atom is -0.463 e. The molecule has 0 aromatic rings. The Balaban J connectivity index is 3.59. The first kappa shape index (κ1) is 13.6. The van der Waals surface area contributed by atoms with Gasteiger partial charge in [0.1, 0.15) is 0 Å². The molecule has 0 heterocycles. The molecule has 0 spiro atoms. The highest BCUT2D eigenvalue weighted by atomic mass is 16.5. The van der Waals surface area contributed by atoms with E-state index in [9.17, 15) is 9.59 Å². The standard InChI is InChI=1S/C10H16O5/c1-2-14-9(12)5-6-10(13)15-8-4-3-7-11/h5-6,11H,2-4,7-8H2,1H3/b6-5-. The summed E-state index contributed by atoms with van der Waals surface area (Å²) in [5, 5.41) is 8.45. The maximum Gasteiger partial charge on any atom is 0.331 e. The Hall–Kier alpha value is -1.36. The molecule has 1 N–H and O–H groups in total. The van der Waals surface area contributed by atoms with Crippen molar-refractivity contribution in [2.75, 3.05) is 19.8 Å². The summed E-state index contributed by atoms with van der Waals surface area (Å²) in [5.41, 5.74) is 0. The fourth-order valence-electron chi connectivity index (χ4n) is 0.761. The van der Waals surface area contributed by atoms with Crippen LogP contribution in [0, 0.1) is 0 Å². The number of aliphatic hydroxyl groups is 1. The van der Waals surface area contributed by atoms with E-state index in [1.807, 2.05) is 0 Å². The Labute approximate surface area is 88.7 Å². The Morgan fingerprint density at radius 2 is 1.73 bits per heavy atom. The van der Waals surface area contributed by atoms with Crippen LogP contribution >= 0.6 is 0 Å². The Kier molecular flexibility index (Phi) is 8.37. The van der Waals surface area contributed by atoms with E-state index in [2.05, 4.69) is 4.74 Å². The van der Waals surface area contributed by atoms with Gasteiger partial charge in [-0.1, -0.05) is 0 Å². The van der Waals surface area contributed by atoms with Crippen molar-refractivity contribution in [1.82, 2.24) is 0 Å². The van der Waals surface area contributed by atoms with Gasteiger partial charge in [-0.25, -0.2) is 9.59 Å². The van der Waals surface area contributed by atoms with Gasteiger partial charge < -0.3 is 14.6 Å². The SMILES string of the molecule is CCOC(=O)/C=C\C(=O)OCCCCO. The fraction of sp³-hybridized carbons (Fsp3) is 0.600. The van der Waals surface area contributed by atoms with Gasteiger partial charge in [-0.2, -0.15) is 0 Å². The van der Waals surface area contributed by atoms with Crippen LogP contribution in [-0.4, -0.2) is 36.9 Å². The smallest absolute Gasteiger partial charge is 0.331 e. The molecule has 0 aromatic heterocycles. The molecule has 0 saturated carbocycles. The van der Waals surface area contributed by atoms with Gasteiger partial charge in [0.2, 0.25) is 0 Å². The summed E-state index contributed by atoms with van der Waals surface area (Å²) in [4.78, 5) is 21.7. The van der Waals surface area contributed by atoms with Crippen LogP contribution in [0.25, 0.3) is 0 Å². The predicted octanol–water partition coefficient (Wildman–Crippen LogP) is 0.421. The van der Waals surface area contributed by atoms with Crippen molar-refractivity contribution in [3.8, 4) is 0 Å². The van der Waals surface area contributed by atoms with Gasteiger partial charge in [0.15, 0.2) is 0 Å². The van der Waals surface area contributed by atoms with Crippen LogP contribution in [0.2, 0.25) is 0 Å². The number of rotatable bonds is 7. The molecule has 86 valence electrons. The second-order valence-corrected chi connectivity index (χ2v) is 2.68. The molecule has 0 amide bonds. The summed E-state index contributed by atoms with van der Waals surface area (Å²) in [6.45, 7) is 2.27. The van der Waals surface area contributed by atoms with Crippen LogP contribution in [-0.2, 0) is 19.1 Å². The fourth-order valence-corrected chi connectivity index (χ4v) is 0.761. The first-order valence-corrected chi connectivity index (χ1v) is 4.83. The summed E-state index contributed by atoms with van der Waals surface area (Å²) in [6.07, 6.45) is 3.25. The van der Waals surface area contributed by atoms with Crippen LogP contribution in [0.1, 0.15) is 19.8 Å². The van der Waals surface area contributed by atoms with Gasteiger partial charge >= 0.3 is 11.9 Å². The number of carbonyl (C=O) groups is 2.